The number of fused-ring (bicyclic) bond motifs is 1. The summed E-state index contributed by atoms with van der Waals surface area (Å²) in [4.78, 5) is 25.8. The first kappa shape index (κ1) is 23.7. The molecule has 0 radical (unpaired) electrons. The molecule has 202 valence electrons. The highest BCUT2D eigenvalue weighted by Gasteiger charge is 2.61. The van der Waals surface area contributed by atoms with Crippen LogP contribution in [0.1, 0.15) is 60.4 Å². The molecular formula is C32H32N6O2. The Bertz CT molecular complexity index is 1690. The van der Waals surface area contributed by atoms with E-state index in [1.54, 1.807) is 13.3 Å². The summed E-state index contributed by atoms with van der Waals surface area (Å²) in [5.74, 6) is 4.27. The van der Waals surface area contributed by atoms with Crippen LogP contribution in [-0.4, -0.2) is 49.6 Å². The number of benzene rings is 1. The van der Waals surface area contributed by atoms with Crippen molar-refractivity contribution in [3.8, 4) is 23.3 Å². The van der Waals surface area contributed by atoms with Gasteiger partial charge in [0.1, 0.15) is 23.0 Å². The highest BCUT2D eigenvalue weighted by atomic mass is 16.5. The Morgan fingerprint density at radius 3 is 2.75 bits per heavy atom. The monoisotopic (exact) mass is 532 g/mol. The number of hydrogen-bond donors (Lipinski definition) is 0. The number of pyridine rings is 1. The van der Waals surface area contributed by atoms with E-state index in [0.717, 1.165) is 48.2 Å². The standard InChI is InChI=1S/C32H32N6O2/c1-18(24-5-3-4-10-34-24)38-30-25(35-31(38)26-9-8-23(15-33)36(26)16-19-6-7-19)12-21(14-28(30)40-2)32(39)37-17-22-11-20-13-27(37)29(20)22/h3-5,8-10,12,14,18-20,22,27,29H,6-7,11,13,16-17H2,1-2H3/t18-,20?,22-,27-,29-/m1/s1. The molecule has 4 aromatic rings. The smallest absolute Gasteiger partial charge is 0.254 e. The Balaban J connectivity index is 1.30. The van der Waals surface area contributed by atoms with Crippen molar-refractivity contribution in [1.82, 2.24) is 24.0 Å². The lowest BCUT2D eigenvalue weighted by Gasteiger charge is -2.52. The van der Waals surface area contributed by atoms with Crippen molar-refractivity contribution in [3.05, 3.63) is 65.6 Å². The van der Waals surface area contributed by atoms with Crippen molar-refractivity contribution in [1.29, 1.82) is 5.26 Å². The second kappa shape index (κ2) is 8.69. The van der Waals surface area contributed by atoms with Crippen LogP contribution >= 0.6 is 0 Å². The quantitative estimate of drug-likeness (QED) is 0.323. The molecule has 3 aromatic heterocycles. The fourth-order valence-electron chi connectivity index (χ4n) is 7.67. The molecule has 5 atom stereocenters. The summed E-state index contributed by atoms with van der Waals surface area (Å²) in [6, 6.07) is 16.2. The van der Waals surface area contributed by atoms with Crippen molar-refractivity contribution in [2.75, 3.05) is 13.7 Å². The summed E-state index contributed by atoms with van der Waals surface area (Å²) in [5, 5.41) is 9.89. The third kappa shape index (κ3) is 3.39. The van der Waals surface area contributed by atoms with Crippen LogP contribution in [0, 0.1) is 35.0 Å². The Hall–Kier alpha value is -4.12. The molecule has 0 N–H and O–H groups in total. The van der Waals surface area contributed by atoms with Crippen LogP contribution in [0.4, 0.5) is 0 Å². The minimum absolute atomic E-state index is 0.0794. The molecule has 1 amide bonds. The van der Waals surface area contributed by atoms with Crippen molar-refractivity contribution >= 4 is 16.9 Å². The lowest BCUT2D eigenvalue weighted by Crippen LogP contribution is -2.53. The van der Waals surface area contributed by atoms with Crippen LogP contribution in [0.3, 0.4) is 0 Å². The first-order valence-corrected chi connectivity index (χ1v) is 14.5. The zero-order chi connectivity index (χ0) is 27.1. The normalized spacial score (nSPS) is 25.2. The molecule has 4 fully saturated rings. The fraction of sp³-hybridized carbons (Fsp3) is 0.438. The zero-order valence-electron chi connectivity index (χ0n) is 22.8. The van der Waals surface area contributed by atoms with Gasteiger partial charge >= 0.3 is 0 Å². The molecule has 1 aromatic carbocycles. The highest BCUT2D eigenvalue weighted by molar-refractivity contribution is 6.00. The molecule has 8 nitrogen and oxygen atoms in total. The lowest BCUT2D eigenvalue weighted by atomic mass is 9.53. The number of ether oxygens (including phenoxy) is 1. The van der Waals surface area contributed by atoms with Crippen LogP contribution in [-0.2, 0) is 6.54 Å². The van der Waals surface area contributed by atoms with Gasteiger partial charge in [0.05, 0.1) is 30.1 Å². The molecule has 3 aliphatic carbocycles. The van der Waals surface area contributed by atoms with E-state index in [4.69, 9.17) is 9.72 Å². The Morgan fingerprint density at radius 1 is 1.18 bits per heavy atom. The number of hydrogen-bond acceptors (Lipinski definition) is 5. The van der Waals surface area contributed by atoms with Crippen LogP contribution in [0.5, 0.6) is 5.75 Å². The molecule has 4 heterocycles. The first-order chi connectivity index (χ1) is 19.6. The van der Waals surface area contributed by atoms with Gasteiger partial charge in [0.25, 0.3) is 5.91 Å². The topological polar surface area (TPSA) is 89.0 Å². The van der Waals surface area contributed by atoms with Gasteiger partial charge in [-0.2, -0.15) is 5.26 Å². The largest absolute Gasteiger partial charge is 0.494 e. The molecule has 40 heavy (non-hydrogen) atoms. The van der Waals surface area contributed by atoms with E-state index in [1.807, 2.05) is 42.5 Å². The van der Waals surface area contributed by atoms with Gasteiger partial charge in [-0.15, -0.1) is 0 Å². The summed E-state index contributed by atoms with van der Waals surface area (Å²) in [5.41, 5.74) is 4.60. The van der Waals surface area contributed by atoms with Crippen LogP contribution < -0.4 is 4.74 Å². The van der Waals surface area contributed by atoms with Gasteiger partial charge in [-0.3, -0.25) is 9.78 Å². The molecule has 1 aliphatic heterocycles. The maximum atomic E-state index is 13.8. The number of rotatable bonds is 7. The maximum Gasteiger partial charge on any atom is 0.254 e. The minimum atomic E-state index is -0.160. The van der Waals surface area contributed by atoms with Crippen molar-refractivity contribution < 1.29 is 9.53 Å². The molecule has 3 saturated carbocycles. The number of aromatic nitrogens is 4. The van der Waals surface area contributed by atoms with Crippen molar-refractivity contribution in [3.63, 3.8) is 0 Å². The summed E-state index contributed by atoms with van der Waals surface area (Å²) < 4.78 is 10.2. The van der Waals surface area contributed by atoms with Crippen LogP contribution in [0.25, 0.3) is 22.6 Å². The number of amides is 1. The minimum Gasteiger partial charge on any atom is -0.494 e. The third-order valence-corrected chi connectivity index (χ3v) is 9.96. The first-order valence-electron chi connectivity index (χ1n) is 14.5. The molecule has 4 aliphatic rings. The van der Waals surface area contributed by atoms with Gasteiger partial charge in [0.15, 0.2) is 5.82 Å². The number of imidazole rings is 1. The molecular weight excluding hydrogens is 500 g/mol. The van der Waals surface area contributed by atoms with E-state index in [1.165, 1.54) is 19.3 Å². The van der Waals surface area contributed by atoms with E-state index in [0.29, 0.717) is 46.3 Å². The van der Waals surface area contributed by atoms with E-state index < -0.39 is 0 Å². The number of nitrogens with zero attached hydrogens (tertiary/aromatic N) is 6. The van der Waals surface area contributed by atoms with E-state index >= 15 is 0 Å². The van der Waals surface area contributed by atoms with Crippen molar-refractivity contribution in [2.24, 2.45) is 23.7 Å². The molecule has 0 bridgehead atoms. The van der Waals surface area contributed by atoms with Gasteiger partial charge in [-0.25, -0.2) is 4.98 Å². The molecule has 8 rings (SSSR count). The second-order valence-electron chi connectivity index (χ2n) is 12.1. The predicted molar refractivity (Wildman–Crippen MR) is 150 cm³/mol. The molecule has 0 spiro atoms. The second-order valence-corrected chi connectivity index (χ2v) is 12.1. The number of methoxy groups -OCH3 is 1. The lowest BCUT2D eigenvalue weighted by molar-refractivity contribution is -0.0204. The fourth-order valence-corrected chi connectivity index (χ4v) is 7.67. The van der Waals surface area contributed by atoms with Gasteiger partial charge in [0.2, 0.25) is 0 Å². The SMILES string of the molecule is COc1cc(C(=O)N2C[C@H]3CC4C[C@@H]2[C@H]43)cc2nc(-c3ccc(C#N)n3CC3CC3)n([C@H](C)c3ccccn3)c12. The predicted octanol–water partition coefficient (Wildman–Crippen LogP) is 5.28. The molecule has 1 saturated heterocycles. The number of carbonyl (C=O) groups excluding carboxylic acids is 1. The van der Waals surface area contributed by atoms with Gasteiger partial charge < -0.3 is 18.8 Å². The van der Waals surface area contributed by atoms with Gasteiger partial charge in [-0.1, -0.05) is 6.07 Å². The Labute approximate surface area is 233 Å². The average Bonchev–Trinajstić information content (AvgIpc) is 3.58. The van der Waals surface area contributed by atoms with Gasteiger partial charge in [-0.05, 0) is 92.7 Å². The maximum absolute atomic E-state index is 13.8. The number of carbonyl (C=O) groups is 1. The highest BCUT2D eigenvalue weighted by Crippen LogP contribution is 2.60. The number of likely N-dealkylation sites (tertiary alicyclic amines) is 1. The third-order valence-electron chi connectivity index (χ3n) is 9.96. The van der Waals surface area contributed by atoms with Gasteiger partial charge in [0, 0.05) is 30.9 Å². The molecule has 8 heteroatoms. The number of nitriles is 1. The van der Waals surface area contributed by atoms with Crippen molar-refractivity contribution in [2.45, 2.75) is 51.2 Å². The zero-order valence-corrected chi connectivity index (χ0v) is 22.8. The summed E-state index contributed by atoms with van der Waals surface area (Å²) in [6.45, 7) is 3.78. The van der Waals surface area contributed by atoms with E-state index in [-0.39, 0.29) is 11.9 Å². The summed E-state index contributed by atoms with van der Waals surface area (Å²) >= 11 is 0. The van der Waals surface area contributed by atoms with E-state index in [2.05, 4.69) is 32.0 Å². The Morgan fingerprint density at radius 2 is 2.05 bits per heavy atom. The summed E-state index contributed by atoms with van der Waals surface area (Å²) in [6.07, 6.45) is 6.59. The summed E-state index contributed by atoms with van der Waals surface area (Å²) in [7, 11) is 1.65. The van der Waals surface area contributed by atoms with E-state index in [9.17, 15) is 10.1 Å². The Kier molecular flexibility index (Phi) is 5.16. The molecule has 1 unspecified atom stereocenters. The average molecular weight is 533 g/mol. The van der Waals surface area contributed by atoms with Crippen LogP contribution in [0.15, 0.2) is 48.7 Å². The van der Waals surface area contributed by atoms with Crippen LogP contribution in [0.2, 0.25) is 0 Å².